The maximum absolute atomic E-state index is 12.6. The number of halogens is 1. The Balaban J connectivity index is 3.08. The smallest absolute Gasteiger partial charge is 0.240 e. The summed E-state index contributed by atoms with van der Waals surface area (Å²) in [5.74, 6) is 0. The van der Waals surface area contributed by atoms with E-state index < -0.39 is 10.0 Å². The predicted octanol–water partition coefficient (Wildman–Crippen LogP) is 3.54. The first kappa shape index (κ1) is 18.8. The van der Waals surface area contributed by atoms with E-state index in [1.165, 1.54) is 0 Å². The Hall–Kier alpha value is -0.240. The van der Waals surface area contributed by atoms with Gasteiger partial charge in [0.2, 0.25) is 10.0 Å². The molecule has 0 atom stereocenters. The van der Waals surface area contributed by atoms with Crippen molar-refractivity contribution in [3.63, 3.8) is 0 Å². The van der Waals surface area contributed by atoms with Gasteiger partial charge in [0.1, 0.15) is 0 Å². The van der Waals surface area contributed by atoms with E-state index >= 15 is 0 Å². The number of thioether (sulfide) groups is 1. The monoisotopic (exact) mass is 394 g/mol. The quantitative estimate of drug-likeness (QED) is 0.693. The van der Waals surface area contributed by atoms with Crippen LogP contribution in [0.5, 0.6) is 0 Å². The number of sulfonamides is 1. The molecule has 1 rings (SSSR count). The van der Waals surface area contributed by atoms with Crippen molar-refractivity contribution in [1.29, 1.82) is 0 Å². The zero-order valence-electron chi connectivity index (χ0n) is 12.9. The summed E-state index contributed by atoms with van der Waals surface area (Å²) >= 11 is 5.00. The number of rotatable bonds is 7. The summed E-state index contributed by atoms with van der Waals surface area (Å²) in [6.45, 7) is 6.29. The van der Waals surface area contributed by atoms with Crippen molar-refractivity contribution < 1.29 is 8.42 Å². The number of hydrogen-bond acceptors (Lipinski definition) is 4. The van der Waals surface area contributed by atoms with E-state index in [0.717, 1.165) is 12.8 Å². The minimum Gasteiger partial charge on any atom is -0.398 e. The molecule has 7 heteroatoms. The molecule has 1 aromatic rings. The van der Waals surface area contributed by atoms with Crippen molar-refractivity contribution in [3.8, 4) is 0 Å². The Kier molecular flexibility index (Phi) is 6.58. The molecular formula is C14H23BrN2O2S2. The standard InChI is InChI=1S/C14H23BrN2O2S2/c1-5-14(6-2,20-4)9-17-21(18,19)13-8-11(15)7-12(16)10(13)3/h7-8,17H,5-6,9,16H2,1-4H3. The molecule has 0 heterocycles. The molecule has 4 nitrogen and oxygen atoms in total. The summed E-state index contributed by atoms with van der Waals surface area (Å²) in [5, 5.41) is 0. The molecule has 0 spiro atoms. The summed E-state index contributed by atoms with van der Waals surface area (Å²) in [7, 11) is -3.57. The Bertz CT molecular complexity index is 591. The van der Waals surface area contributed by atoms with E-state index in [4.69, 9.17) is 5.73 Å². The molecule has 1 aromatic carbocycles. The Morgan fingerprint density at radius 3 is 2.38 bits per heavy atom. The van der Waals surface area contributed by atoms with Crippen LogP contribution in [0.1, 0.15) is 32.3 Å². The number of benzene rings is 1. The van der Waals surface area contributed by atoms with Crippen molar-refractivity contribution >= 4 is 43.4 Å². The zero-order valence-corrected chi connectivity index (χ0v) is 16.1. The van der Waals surface area contributed by atoms with Gasteiger partial charge in [-0.15, -0.1) is 0 Å². The molecule has 0 aliphatic rings. The lowest BCUT2D eigenvalue weighted by molar-refractivity contribution is 0.522. The molecule has 0 bridgehead atoms. The SMILES string of the molecule is CCC(CC)(CNS(=O)(=O)c1cc(Br)cc(N)c1C)SC. The molecule has 120 valence electrons. The molecule has 0 aliphatic carbocycles. The Morgan fingerprint density at radius 1 is 1.33 bits per heavy atom. The average molecular weight is 395 g/mol. The summed E-state index contributed by atoms with van der Waals surface area (Å²) in [6.07, 6.45) is 3.84. The van der Waals surface area contributed by atoms with E-state index in [1.54, 1.807) is 30.8 Å². The first-order valence-electron chi connectivity index (χ1n) is 6.81. The normalized spacial score (nSPS) is 12.6. The van der Waals surface area contributed by atoms with Gasteiger partial charge in [-0.2, -0.15) is 11.8 Å². The van der Waals surface area contributed by atoms with Gasteiger partial charge in [0.05, 0.1) is 4.90 Å². The summed E-state index contributed by atoms with van der Waals surface area (Å²) in [4.78, 5) is 0.233. The van der Waals surface area contributed by atoms with Gasteiger partial charge in [-0.05, 0) is 43.7 Å². The van der Waals surface area contributed by atoms with Gasteiger partial charge in [-0.3, -0.25) is 0 Å². The van der Waals surface area contributed by atoms with E-state index in [0.29, 0.717) is 22.3 Å². The first-order chi connectivity index (χ1) is 9.71. The maximum atomic E-state index is 12.6. The molecule has 0 saturated heterocycles. The molecule has 0 fully saturated rings. The molecule has 3 N–H and O–H groups in total. The molecule has 0 aliphatic heterocycles. The van der Waals surface area contributed by atoms with Gasteiger partial charge in [0.25, 0.3) is 0 Å². The highest BCUT2D eigenvalue weighted by molar-refractivity contribution is 9.10. The highest BCUT2D eigenvalue weighted by Crippen LogP contribution is 2.31. The first-order valence-corrected chi connectivity index (χ1v) is 10.3. The van der Waals surface area contributed by atoms with Crippen molar-refractivity contribution in [2.45, 2.75) is 43.3 Å². The maximum Gasteiger partial charge on any atom is 0.240 e. The van der Waals surface area contributed by atoms with Gasteiger partial charge in [0, 0.05) is 21.5 Å². The Labute approximate surface area is 140 Å². The van der Waals surface area contributed by atoms with E-state index in [-0.39, 0.29) is 9.64 Å². The second-order valence-corrected chi connectivity index (χ2v) is 8.96. The van der Waals surface area contributed by atoms with Crippen LogP contribution >= 0.6 is 27.7 Å². The third-order valence-corrected chi connectivity index (χ3v) is 7.53. The van der Waals surface area contributed by atoms with Crippen LogP contribution in [0.15, 0.2) is 21.5 Å². The second-order valence-electron chi connectivity index (χ2n) is 5.04. The fraction of sp³-hybridized carbons (Fsp3) is 0.571. The topological polar surface area (TPSA) is 72.2 Å². The molecular weight excluding hydrogens is 372 g/mol. The van der Waals surface area contributed by atoms with Crippen LogP contribution in [-0.4, -0.2) is 26.0 Å². The van der Waals surface area contributed by atoms with Crippen LogP contribution in [0, 0.1) is 6.92 Å². The van der Waals surface area contributed by atoms with Crippen LogP contribution in [0.2, 0.25) is 0 Å². The van der Waals surface area contributed by atoms with Crippen LogP contribution in [0.25, 0.3) is 0 Å². The van der Waals surface area contributed by atoms with Gasteiger partial charge in [-0.25, -0.2) is 13.1 Å². The molecule has 0 saturated carbocycles. The third kappa shape index (κ3) is 4.37. The molecule has 0 amide bonds. The van der Waals surface area contributed by atoms with Crippen LogP contribution < -0.4 is 10.5 Å². The van der Waals surface area contributed by atoms with Crippen molar-refractivity contribution in [3.05, 3.63) is 22.2 Å². The second kappa shape index (κ2) is 7.35. The van der Waals surface area contributed by atoms with Crippen LogP contribution in [-0.2, 0) is 10.0 Å². The van der Waals surface area contributed by atoms with Crippen LogP contribution in [0.4, 0.5) is 5.69 Å². The molecule has 0 aromatic heterocycles. The number of nitrogens with two attached hydrogens (primary N) is 1. The van der Waals surface area contributed by atoms with Crippen molar-refractivity contribution in [2.24, 2.45) is 0 Å². The highest BCUT2D eigenvalue weighted by atomic mass is 79.9. The predicted molar refractivity (Wildman–Crippen MR) is 95.3 cm³/mol. The lowest BCUT2D eigenvalue weighted by Crippen LogP contribution is -2.39. The lowest BCUT2D eigenvalue weighted by atomic mass is 10.0. The minimum absolute atomic E-state index is 0.0709. The zero-order chi connectivity index (χ0) is 16.3. The van der Waals surface area contributed by atoms with Gasteiger partial charge >= 0.3 is 0 Å². The molecule has 0 unspecified atom stereocenters. The number of anilines is 1. The third-order valence-electron chi connectivity index (χ3n) is 3.96. The van der Waals surface area contributed by atoms with E-state index in [2.05, 4.69) is 34.5 Å². The van der Waals surface area contributed by atoms with Gasteiger partial charge < -0.3 is 5.73 Å². The van der Waals surface area contributed by atoms with Crippen molar-refractivity contribution in [2.75, 3.05) is 18.5 Å². The average Bonchev–Trinajstić information content (AvgIpc) is 2.45. The minimum atomic E-state index is -3.57. The molecule has 0 radical (unpaired) electrons. The summed E-state index contributed by atoms with van der Waals surface area (Å²) < 4.78 is 28.4. The van der Waals surface area contributed by atoms with Gasteiger partial charge in [0.15, 0.2) is 0 Å². The lowest BCUT2D eigenvalue weighted by Gasteiger charge is -2.29. The van der Waals surface area contributed by atoms with Crippen LogP contribution in [0.3, 0.4) is 0 Å². The number of nitrogens with one attached hydrogen (secondary N) is 1. The highest BCUT2D eigenvalue weighted by Gasteiger charge is 2.28. The summed E-state index contributed by atoms with van der Waals surface area (Å²) in [6, 6.07) is 3.30. The fourth-order valence-corrected chi connectivity index (χ4v) is 5.06. The fourth-order valence-electron chi connectivity index (χ4n) is 2.12. The van der Waals surface area contributed by atoms with Crippen molar-refractivity contribution in [1.82, 2.24) is 4.72 Å². The summed E-state index contributed by atoms with van der Waals surface area (Å²) in [5.41, 5.74) is 6.89. The number of hydrogen-bond donors (Lipinski definition) is 2. The van der Waals surface area contributed by atoms with E-state index in [9.17, 15) is 8.42 Å². The van der Waals surface area contributed by atoms with Gasteiger partial charge in [-0.1, -0.05) is 29.8 Å². The largest absolute Gasteiger partial charge is 0.398 e. The molecule has 21 heavy (non-hydrogen) atoms. The van der Waals surface area contributed by atoms with E-state index in [1.807, 2.05) is 6.26 Å². The Morgan fingerprint density at radius 2 is 1.90 bits per heavy atom. The number of nitrogen functional groups attached to an aromatic ring is 1.